The number of methoxy groups -OCH3 is 2. The highest BCUT2D eigenvalue weighted by molar-refractivity contribution is 5.03. The standard InChI is InChI=1S/C40H74O10/c1-29(19-21-31-35(3,4)49-37(7,8)47-31)17-15-25-39(11,41)33(45-27-43-13)23-24-34(46-28-44-14)40(12,42)26-16-18-30(2)20-22-32-36(5,6)50-38(9,10)48-32/h17-18,31-34,41-42H,15-16,19-28H2,1-14H3/b29-17+,30-18+/t31-,32-,33-,34-,39+,40+/m1/s1. The van der Waals surface area contributed by atoms with Crippen LogP contribution >= 0.6 is 0 Å². The average Bonchev–Trinajstić information content (AvgIpc) is 3.33. The third-order valence-corrected chi connectivity index (χ3v) is 10.2. The quantitative estimate of drug-likeness (QED) is 0.0795. The molecule has 2 saturated heterocycles. The predicted molar refractivity (Wildman–Crippen MR) is 197 cm³/mol. The average molecular weight is 715 g/mol. The molecule has 6 atom stereocenters. The maximum absolute atomic E-state index is 11.6. The summed E-state index contributed by atoms with van der Waals surface area (Å²) < 4.78 is 46.9. The molecule has 10 nitrogen and oxygen atoms in total. The van der Waals surface area contributed by atoms with Crippen molar-refractivity contribution in [2.45, 2.75) is 206 Å². The lowest BCUT2D eigenvalue weighted by atomic mass is 9.85. The van der Waals surface area contributed by atoms with Crippen molar-refractivity contribution in [3.63, 3.8) is 0 Å². The van der Waals surface area contributed by atoms with Crippen LogP contribution in [-0.2, 0) is 37.9 Å². The zero-order valence-corrected chi connectivity index (χ0v) is 34.1. The first kappa shape index (κ1) is 45.2. The molecule has 0 aromatic heterocycles. The molecule has 10 heteroatoms. The Morgan fingerprint density at radius 2 is 1.00 bits per heavy atom. The minimum atomic E-state index is -1.13. The van der Waals surface area contributed by atoms with Gasteiger partial charge in [0, 0.05) is 14.2 Å². The molecule has 2 fully saturated rings. The fraction of sp³-hybridized carbons (Fsp3) is 0.900. The summed E-state index contributed by atoms with van der Waals surface area (Å²) in [5.41, 5.74) is -0.415. The Morgan fingerprint density at radius 1 is 0.660 bits per heavy atom. The summed E-state index contributed by atoms with van der Waals surface area (Å²) >= 11 is 0. The molecule has 2 N–H and O–H groups in total. The molecule has 0 amide bonds. The number of hydrogen-bond donors (Lipinski definition) is 2. The van der Waals surface area contributed by atoms with Crippen molar-refractivity contribution in [1.82, 2.24) is 0 Å². The van der Waals surface area contributed by atoms with E-state index in [4.69, 9.17) is 37.9 Å². The van der Waals surface area contributed by atoms with Crippen LogP contribution < -0.4 is 0 Å². The van der Waals surface area contributed by atoms with Gasteiger partial charge in [0.1, 0.15) is 13.6 Å². The molecule has 2 rings (SSSR count). The maximum atomic E-state index is 11.6. The van der Waals surface area contributed by atoms with Crippen molar-refractivity contribution in [3.05, 3.63) is 23.3 Å². The minimum Gasteiger partial charge on any atom is -0.387 e. The molecule has 50 heavy (non-hydrogen) atoms. The van der Waals surface area contributed by atoms with Gasteiger partial charge in [-0.25, -0.2) is 0 Å². The van der Waals surface area contributed by atoms with Gasteiger partial charge in [0.15, 0.2) is 11.6 Å². The second-order valence-electron chi connectivity index (χ2n) is 17.1. The zero-order valence-electron chi connectivity index (χ0n) is 34.1. The lowest BCUT2D eigenvalue weighted by molar-refractivity contribution is -0.175. The smallest absolute Gasteiger partial charge is 0.164 e. The van der Waals surface area contributed by atoms with Crippen LogP contribution in [0.5, 0.6) is 0 Å². The lowest BCUT2D eigenvalue weighted by Gasteiger charge is -2.36. The Hall–Kier alpha value is -0.920. The first-order valence-electron chi connectivity index (χ1n) is 18.7. The van der Waals surface area contributed by atoms with E-state index in [1.165, 1.54) is 11.1 Å². The molecule has 0 aromatic carbocycles. The van der Waals surface area contributed by atoms with Gasteiger partial charge in [0.25, 0.3) is 0 Å². The van der Waals surface area contributed by atoms with Crippen molar-refractivity contribution in [1.29, 1.82) is 0 Å². The monoisotopic (exact) mass is 715 g/mol. The molecule has 0 saturated carbocycles. The van der Waals surface area contributed by atoms with E-state index in [1.54, 1.807) is 14.2 Å². The lowest BCUT2D eigenvalue weighted by Crippen LogP contribution is -2.45. The van der Waals surface area contributed by atoms with E-state index in [9.17, 15) is 10.2 Å². The molecule has 2 heterocycles. The Morgan fingerprint density at radius 3 is 1.28 bits per heavy atom. The van der Waals surface area contributed by atoms with Gasteiger partial charge in [-0.15, -0.1) is 0 Å². The summed E-state index contributed by atoms with van der Waals surface area (Å²) in [6, 6.07) is 0. The number of ether oxygens (including phenoxy) is 8. The third-order valence-electron chi connectivity index (χ3n) is 10.2. The Kier molecular flexibility index (Phi) is 17.1. The zero-order chi connectivity index (χ0) is 38.0. The third kappa shape index (κ3) is 14.8. The molecule has 294 valence electrons. The van der Waals surface area contributed by atoms with E-state index < -0.39 is 35.0 Å². The molecule has 2 aliphatic heterocycles. The van der Waals surface area contributed by atoms with Gasteiger partial charge in [0.2, 0.25) is 0 Å². The van der Waals surface area contributed by atoms with Crippen LogP contribution in [0.4, 0.5) is 0 Å². The van der Waals surface area contributed by atoms with E-state index in [2.05, 4.69) is 53.7 Å². The van der Waals surface area contributed by atoms with Crippen LogP contribution in [0.2, 0.25) is 0 Å². The van der Waals surface area contributed by atoms with Gasteiger partial charge in [-0.3, -0.25) is 0 Å². The molecule has 0 spiro atoms. The molecule has 0 aliphatic carbocycles. The summed E-state index contributed by atoms with van der Waals surface area (Å²) in [5.74, 6) is -1.15. The van der Waals surface area contributed by atoms with Gasteiger partial charge in [-0.05, 0) is 147 Å². The fourth-order valence-electron chi connectivity index (χ4n) is 7.44. The Balaban J connectivity index is 1.96. The largest absolute Gasteiger partial charge is 0.387 e. The molecule has 0 aromatic rings. The summed E-state index contributed by atoms with van der Waals surface area (Å²) in [6.07, 6.45) is 10.3. The van der Waals surface area contributed by atoms with Gasteiger partial charge in [-0.1, -0.05) is 23.3 Å². The van der Waals surface area contributed by atoms with E-state index in [1.807, 2.05) is 41.5 Å². The Labute approximate surface area is 304 Å². The fourth-order valence-corrected chi connectivity index (χ4v) is 7.44. The summed E-state index contributed by atoms with van der Waals surface area (Å²) in [5, 5.41) is 23.3. The van der Waals surface area contributed by atoms with Gasteiger partial charge < -0.3 is 48.1 Å². The van der Waals surface area contributed by atoms with Gasteiger partial charge in [0.05, 0.1) is 46.8 Å². The molecule has 0 unspecified atom stereocenters. The first-order valence-corrected chi connectivity index (χ1v) is 18.7. The molecule has 2 aliphatic rings. The highest BCUT2D eigenvalue weighted by Crippen LogP contribution is 2.40. The van der Waals surface area contributed by atoms with Crippen LogP contribution in [0.3, 0.4) is 0 Å². The van der Waals surface area contributed by atoms with Crippen molar-refractivity contribution >= 4 is 0 Å². The molecule has 0 bridgehead atoms. The minimum absolute atomic E-state index is 0.0222. The molecule has 0 radical (unpaired) electrons. The summed E-state index contributed by atoms with van der Waals surface area (Å²) in [6.45, 7) is 24.1. The van der Waals surface area contributed by atoms with E-state index in [-0.39, 0.29) is 37.0 Å². The molecular weight excluding hydrogens is 640 g/mol. The highest BCUT2D eigenvalue weighted by Gasteiger charge is 2.47. The predicted octanol–water partition coefficient (Wildman–Crippen LogP) is 8.12. The molecular formula is C40H74O10. The van der Waals surface area contributed by atoms with Crippen molar-refractivity contribution in [2.24, 2.45) is 0 Å². The van der Waals surface area contributed by atoms with Crippen molar-refractivity contribution in [2.75, 3.05) is 27.8 Å². The number of allylic oxidation sites excluding steroid dienone is 4. The maximum Gasteiger partial charge on any atom is 0.164 e. The van der Waals surface area contributed by atoms with E-state index in [0.29, 0.717) is 38.5 Å². The second-order valence-corrected chi connectivity index (χ2v) is 17.1. The summed E-state index contributed by atoms with van der Waals surface area (Å²) in [4.78, 5) is 0. The number of aliphatic hydroxyl groups is 2. The Bertz CT molecular complexity index is 990. The second kappa shape index (κ2) is 18.9. The van der Waals surface area contributed by atoms with Crippen LogP contribution in [0, 0.1) is 0 Å². The van der Waals surface area contributed by atoms with Crippen molar-refractivity contribution < 1.29 is 48.1 Å². The topological polar surface area (TPSA) is 114 Å². The van der Waals surface area contributed by atoms with Gasteiger partial charge >= 0.3 is 0 Å². The van der Waals surface area contributed by atoms with Crippen LogP contribution in [0.1, 0.15) is 147 Å². The van der Waals surface area contributed by atoms with Crippen LogP contribution in [0.25, 0.3) is 0 Å². The highest BCUT2D eigenvalue weighted by atomic mass is 16.8. The van der Waals surface area contributed by atoms with Crippen molar-refractivity contribution in [3.8, 4) is 0 Å². The number of rotatable bonds is 23. The van der Waals surface area contributed by atoms with Crippen LogP contribution in [-0.4, -0.2) is 96.4 Å². The van der Waals surface area contributed by atoms with E-state index in [0.717, 1.165) is 25.7 Å². The number of hydrogen-bond acceptors (Lipinski definition) is 10. The normalized spacial score (nSPS) is 26.8. The summed E-state index contributed by atoms with van der Waals surface area (Å²) in [7, 11) is 3.14. The van der Waals surface area contributed by atoms with E-state index >= 15 is 0 Å². The first-order chi connectivity index (χ1) is 23.0. The van der Waals surface area contributed by atoms with Gasteiger partial charge in [-0.2, -0.15) is 0 Å². The SMILES string of the molecule is COCO[C@H](CC[C@@H](OCOC)[C@@](C)(O)CC/C=C(\C)CC[C@H]1OC(C)(C)OC1(C)C)[C@@](C)(O)CC/C=C(\C)CC[C@H]1OC(C)(C)OC1(C)C. The van der Waals surface area contributed by atoms with Crippen LogP contribution in [0.15, 0.2) is 23.3 Å².